The van der Waals surface area contributed by atoms with Crippen LogP contribution in [0.3, 0.4) is 0 Å². The van der Waals surface area contributed by atoms with E-state index in [1.54, 1.807) is 6.92 Å². The van der Waals surface area contributed by atoms with E-state index in [4.69, 9.17) is 5.11 Å². The molecule has 2 nitrogen and oxygen atoms in total. The Kier molecular flexibility index (Phi) is 3.31. The molecule has 0 radical (unpaired) electrons. The van der Waals surface area contributed by atoms with Gasteiger partial charge in [0, 0.05) is 0 Å². The number of hydrogen-bond acceptors (Lipinski definition) is 1. The third kappa shape index (κ3) is 2.92. The van der Waals surface area contributed by atoms with E-state index < -0.39 is 31.1 Å². The number of carboxylic acid groups (broad SMARTS) is 1. The molecule has 0 fully saturated rings. The van der Waals surface area contributed by atoms with Crippen molar-refractivity contribution in [1.82, 2.24) is 0 Å². The molecular formula is C4H6F2IO2-. The topological polar surface area (TPSA) is 37.3 Å². The van der Waals surface area contributed by atoms with Gasteiger partial charge in [-0.05, 0) is 0 Å². The minimum absolute atomic E-state index is 0.290. The molecule has 0 heterocycles. The predicted octanol–water partition coefficient (Wildman–Crippen LogP) is -2.23. The van der Waals surface area contributed by atoms with Crippen molar-refractivity contribution in [3.05, 3.63) is 0 Å². The summed E-state index contributed by atoms with van der Waals surface area (Å²) in [7, 11) is 0. The summed E-state index contributed by atoms with van der Waals surface area (Å²) in [4.78, 5) is 9.69. The van der Waals surface area contributed by atoms with Crippen LogP contribution in [0.5, 0.6) is 0 Å². The van der Waals surface area contributed by atoms with E-state index in [2.05, 4.69) is 0 Å². The molecule has 0 aliphatic carbocycles. The van der Waals surface area contributed by atoms with Crippen LogP contribution < -0.4 is 21.2 Å². The molecule has 0 unspecified atom stereocenters. The molecule has 0 bridgehead atoms. The number of aliphatic carboxylic acids is 1. The second kappa shape index (κ2) is 3.28. The van der Waals surface area contributed by atoms with Crippen LogP contribution in [0.2, 0.25) is 0 Å². The minimum atomic E-state index is -3.42. The van der Waals surface area contributed by atoms with E-state index in [1.165, 1.54) is 0 Å². The number of hydrogen-bond donors (Lipinski definition) is 1. The second-order valence-electron chi connectivity index (χ2n) is 1.20. The van der Waals surface area contributed by atoms with Crippen molar-refractivity contribution in [2.45, 2.75) is 10.9 Å². The van der Waals surface area contributed by atoms with Gasteiger partial charge in [-0.2, -0.15) is 0 Å². The first-order valence-corrected chi connectivity index (χ1v) is 4.82. The van der Waals surface area contributed by atoms with Gasteiger partial charge in [-0.3, -0.25) is 0 Å². The monoisotopic (exact) mass is 251 g/mol. The molecule has 0 aromatic rings. The van der Waals surface area contributed by atoms with Crippen LogP contribution in [-0.4, -0.2) is 19.4 Å². The third-order valence-corrected chi connectivity index (χ3v) is 2.73. The Morgan fingerprint density at radius 2 is 2.22 bits per heavy atom. The fraction of sp³-hybridized carbons (Fsp3) is 0.750. The van der Waals surface area contributed by atoms with Crippen LogP contribution in [0.4, 0.5) is 8.78 Å². The first kappa shape index (κ1) is 9.06. The average molecular weight is 251 g/mol. The van der Waals surface area contributed by atoms with Crippen LogP contribution >= 0.6 is 0 Å². The van der Waals surface area contributed by atoms with Crippen LogP contribution in [0.15, 0.2) is 0 Å². The number of rotatable bonds is 3. The Balaban J connectivity index is 3.85. The number of carbonyl (C=O) groups is 1. The zero-order chi connectivity index (χ0) is 7.49. The Labute approximate surface area is 61.5 Å². The molecule has 0 aromatic heterocycles. The molecule has 0 saturated carbocycles. The zero-order valence-corrected chi connectivity index (χ0v) is 6.85. The van der Waals surface area contributed by atoms with Crippen LogP contribution in [0.25, 0.3) is 0 Å². The maximum atomic E-state index is 12.0. The SMILES string of the molecule is CC[I-]C(F)(F)C(=O)O. The van der Waals surface area contributed by atoms with Gasteiger partial charge < -0.3 is 0 Å². The average Bonchev–Trinajstić information content (AvgIpc) is 1.65. The van der Waals surface area contributed by atoms with E-state index in [9.17, 15) is 13.6 Å². The summed E-state index contributed by atoms with van der Waals surface area (Å²) in [6.45, 7) is 1.56. The molecule has 1 N–H and O–H groups in total. The first-order valence-electron chi connectivity index (χ1n) is 2.22. The Hall–Kier alpha value is 0.0600. The summed E-state index contributed by atoms with van der Waals surface area (Å²) in [6, 6.07) is 0. The molecule has 0 spiro atoms. The van der Waals surface area contributed by atoms with Crippen molar-refractivity contribution in [2.24, 2.45) is 0 Å². The summed E-state index contributed by atoms with van der Waals surface area (Å²) in [5, 5.41) is 7.85. The molecule has 0 atom stereocenters. The number of carboxylic acids is 1. The van der Waals surface area contributed by atoms with Crippen LogP contribution in [0.1, 0.15) is 6.92 Å². The van der Waals surface area contributed by atoms with Crippen LogP contribution in [-0.2, 0) is 4.79 Å². The van der Waals surface area contributed by atoms with Gasteiger partial charge in [0.25, 0.3) is 0 Å². The van der Waals surface area contributed by atoms with Gasteiger partial charge in [0.1, 0.15) is 0 Å². The Morgan fingerprint density at radius 3 is 2.33 bits per heavy atom. The molecule has 0 amide bonds. The molecule has 0 aliphatic heterocycles. The third-order valence-electron chi connectivity index (χ3n) is 0.544. The number of halogens is 3. The molecule has 0 rings (SSSR count). The van der Waals surface area contributed by atoms with Gasteiger partial charge in [-0.1, -0.05) is 0 Å². The Morgan fingerprint density at radius 1 is 1.78 bits per heavy atom. The van der Waals surface area contributed by atoms with Crippen molar-refractivity contribution in [3.63, 3.8) is 0 Å². The van der Waals surface area contributed by atoms with Gasteiger partial charge in [0.05, 0.1) is 0 Å². The first-order chi connectivity index (χ1) is 4.00. The molecular weight excluding hydrogens is 245 g/mol. The van der Waals surface area contributed by atoms with Gasteiger partial charge in [0.15, 0.2) is 0 Å². The molecule has 0 aromatic carbocycles. The summed E-state index contributed by atoms with van der Waals surface area (Å²) in [5.74, 6) is -1.99. The van der Waals surface area contributed by atoms with E-state index >= 15 is 0 Å². The van der Waals surface area contributed by atoms with Crippen molar-refractivity contribution in [3.8, 4) is 0 Å². The molecule has 0 aliphatic rings. The summed E-state index contributed by atoms with van der Waals surface area (Å²) in [5.41, 5.74) is 0. The van der Waals surface area contributed by atoms with Gasteiger partial charge in [0.2, 0.25) is 0 Å². The van der Waals surface area contributed by atoms with Crippen molar-refractivity contribution < 1.29 is 39.9 Å². The normalized spacial score (nSPS) is 11.9. The molecule has 9 heavy (non-hydrogen) atoms. The van der Waals surface area contributed by atoms with E-state index in [0.717, 1.165) is 0 Å². The van der Waals surface area contributed by atoms with Gasteiger partial charge in [-0.15, -0.1) is 0 Å². The fourth-order valence-corrected chi connectivity index (χ4v) is 1.51. The maximum absolute atomic E-state index is 12.0. The van der Waals surface area contributed by atoms with E-state index in [-0.39, 0.29) is 4.43 Å². The summed E-state index contributed by atoms with van der Waals surface area (Å²) < 4.78 is 20.9. The summed E-state index contributed by atoms with van der Waals surface area (Å²) >= 11 is -1.49. The molecule has 56 valence electrons. The quantitative estimate of drug-likeness (QED) is 0.455. The molecule has 5 heteroatoms. The predicted molar refractivity (Wildman–Crippen MR) is 23.1 cm³/mol. The number of alkyl halides is 4. The van der Waals surface area contributed by atoms with E-state index in [1.807, 2.05) is 0 Å². The van der Waals surface area contributed by atoms with E-state index in [0.29, 0.717) is 0 Å². The van der Waals surface area contributed by atoms with Crippen molar-refractivity contribution in [2.75, 3.05) is 4.43 Å². The van der Waals surface area contributed by atoms with Gasteiger partial charge >= 0.3 is 61.1 Å². The molecule has 0 saturated heterocycles. The second-order valence-corrected chi connectivity index (χ2v) is 4.85. The zero-order valence-electron chi connectivity index (χ0n) is 4.70. The van der Waals surface area contributed by atoms with Crippen LogP contribution in [0, 0.1) is 0 Å². The van der Waals surface area contributed by atoms with Gasteiger partial charge in [-0.25, -0.2) is 0 Å². The van der Waals surface area contributed by atoms with Crippen molar-refractivity contribution in [1.29, 1.82) is 0 Å². The fourth-order valence-electron chi connectivity index (χ4n) is 0.225. The Bertz CT molecular complexity index is 115. The van der Waals surface area contributed by atoms with Crippen molar-refractivity contribution >= 4 is 5.97 Å². The standard InChI is InChI=1S/C4H6F2IO2/c1-2-7-4(5,6)3(8)9/h2H2,1H3,(H,8,9)/q-1. The summed E-state index contributed by atoms with van der Waals surface area (Å²) in [6.07, 6.45) is 0.